The summed E-state index contributed by atoms with van der Waals surface area (Å²) in [6.07, 6.45) is 12.3. The van der Waals surface area contributed by atoms with Crippen LogP contribution < -0.4 is 0 Å². The van der Waals surface area contributed by atoms with Gasteiger partial charge in [0, 0.05) is 0 Å². The van der Waals surface area contributed by atoms with Gasteiger partial charge in [-0.25, -0.2) is 9.59 Å². The molecule has 1 rings (SSSR count). The van der Waals surface area contributed by atoms with Crippen molar-refractivity contribution in [1.29, 1.82) is 0 Å². The zero-order valence-electron chi connectivity index (χ0n) is 14.0. The van der Waals surface area contributed by atoms with Gasteiger partial charge in [0.05, 0.1) is 12.2 Å². The number of unbranched alkanes of at least 4 members (excludes halogenated alkanes) is 9. The van der Waals surface area contributed by atoms with Crippen molar-refractivity contribution >= 4 is 23.3 Å². The van der Waals surface area contributed by atoms with Gasteiger partial charge < -0.3 is 9.84 Å². The standard InChI is InChI=1S/C18H28O4S/c1-2-3-4-5-6-7-8-9-10-11-13-22-18(21)16-15(17(19)20)12-14-23-16/h12,14H,2-11,13H2,1H3,(H,19,20). The third-order valence-corrected chi connectivity index (χ3v) is 4.71. The number of esters is 1. The summed E-state index contributed by atoms with van der Waals surface area (Å²) in [5, 5.41) is 10.6. The summed E-state index contributed by atoms with van der Waals surface area (Å²) in [6.45, 7) is 2.60. The minimum Gasteiger partial charge on any atom is -0.478 e. The van der Waals surface area contributed by atoms with Crippen molar-refractivity contribution in [3.05, 3.63) is 21.9 Å². The lowest BCUT2D eigenvalue weighted by molar-refractivity contribution is 0.0493. The number of hydrogen-bond donors (Lipinski definition) is 1. The van der Waals surface area contributed by atoms with E-state index in [1.807, 2.05) is 0 Å². The van der Waals surface area contributed by atoms with Gasteiger partial charge in [-0.1, -0.05) is 64.7 Å². The summed E-state index contributed by atoms with van der Waals surface area (Å²) >= 11 is 1.11. The molecule has 23 heavy (non-hydrogen) atoms. The number of ether oxygens (including phenoxy) is 1. The van der Waals surface area contributed by atoms with Crippen LogP contribution in [0.15, 0.2) is 11.4 Å². The van der Waals surface area contributed by atoms with Crippen LogP contribution in [0.3, 0.4) is 0 Å². The molecule has 0 aromatic carbocycles. The Labute approximate surface area is 142 Å². The average Bonchev–Trinajstić information content (AvgIpc) is 3.02. The van der Waals surface area contributed by atoms with E-state index in [1.165, 1.54) is 57.4 Å². The lowest BCUT2D eigenvalue weighted by Gasteiger charge is -2.05. The zero-order chi connectivity index (χ0) is 16.9. The lowest BCUT2D eigenvalue weighted by Crippen LogP contribution is -2.09. The van der Waals surface area contributed by atoms with Gasteiger partial charge in [0.15, 0.2) is 0 Å². The molecule has 0 saturated carbocycles. The third kappa shape index (κ3) is 8.16. The molecule has 0 amide bonds. The van der Waals surface area contributed by atoms with Crippen LogP contribution in [0.5, 0.6) is 0 Å². The maximum atomic E-state index is 11.8. The van der Waals surface area contributed by atoms with E-state index in [0.29, 0.717) is 6.61 Å². The number of aromatic carboxylic acids is 1. The van der Waals surface area contributed by atoms with Crippen LogP contribution in [-0.2, 0) is 4.74 Å². The average molecular weight is 340 g/mol. The Balaban J connectivity index is 2.01. The van der Waals surface area contributed by atoms with Crippen molar-refractivity contribution in [3.63, 3.8) is 0 Å². The van der Waals surface area contributed by atoms with Crippen molar-refractivity contribution in [2.75, 3.05) is 6.61 Å². The quantitative estimate of drug-likeness (QED) is 0.379. The van der Waals surface area contributed by atoms with Gasteiger partial charge >= 0.3 is 11.9 Å². The molecule has 0 spiro atoms. The second-order valence-corrected chi connectivity index (χ2v) is 6.70. The molecule has 0 aliphatic heterocycles. The Hall–Kier alpha value is -1.36. The molecular formula is C18H28O4S. The van der Waals surface area contributed by atoms with Gasteiger partial charge in [-0.15, -0.1) is 11.3 Å². The minimum atomic E-state index is -1.09. The second-order valence-electron chi connectivity index (χ2n) is 5.79. The molecule has 5 heteroatoms. The summed E-state index contributed by atoms with van der Waals surface area (Å²) in [5.41, 5.74) is 0.0306. The normalized spacial score (nSPS) is 10.7. The first-order valence-electron chi connectivity index (χ1n) is 8.64. The second kappa shape index (κ2) is 12.1. The van der Waals surface area contributed by atoms with E-state index in [2.05, 4.69) is 6.92 Å². The van der Waals surface area contributed by atoms with Crippen LogP contribution in [0.2, 0.25) is 0 Å². The molecule has 1 aromatic rings. The van der Waals surface area contributed by atoms with E-state index in [-0.39, 0.29) is 10.4 Å². The fraction of sp³-hybridized carbons (Fsp3) is 0.667. The molecule has 0 unspecified atom stereocenters. The summed E-state index contributed by atoms with van der Waals surface area (Å²) < 4.78 is 5.16. The predicted octanol–water partition coefficient (Wildman–Crippen LogP) is 5.52. The van der Waals surface area contributed by atoms with E-state index < -0.39 is 11.9 Å². The first-order chi connectivity index (χ1) is 11.2. The van der Waals surface area contributed by atoms with Crippen LogP contribution >= 0.6 is 11.3 Å². The van der Waals surface area contributed by atoms with Crippen LogP contribution in [0, 0.1) is 0 Å². The van der Waals surface area contributed by atoms with E-state index in [1.54, 1.807) is 5.38 Å². The Morgan fingerprint density at radius 1 is 1.00 bits per heavy atom. The summed E-state index contributed by atoms with van der Waals surface area (Å²) in [6, 6.07) is 1.43. The molecule has 0 atom stereocenters. The minimum absolute atomic E-state index is 0.0306. The van der Waals surface area contributed by atoms with Crippen molar-refractivity contribution < 1.29 is 19.4 Å². The molecule has 0 fully saturated rings. The smallest absolute Gasteiger partial charge is 0.349 e. The summed E-state index contributed by atoms with van der Waals surface area (Å²) in [7, 11) is 0. The topological polar surface area (TPSA) is 63.6 Å². The molecule has 0 radical (unpaired) electrons. The van der Waals surface area contributed by atoms with Gasteiger partial charge in [-0.3, -0.25) is 0 Å². The Kier molecular flexibility index (Phi) is 10.4. The maximum absolute atomic E-state index is 11.8. The van der Waals surface area contributed by atoms with Gasteiger partial charge in [0.25, 0.3) is 0 Å². The Bertz CT molecular complexity index is 467. The largest absolute Gasteiger partial charge is 0.478 e. The highest BCUT2D eigenvalue weighted by molar-refractivity contribution is 7.12. The van der Waals surface area contributed by atoms with E-state index in [4.69, 9.17) is 9.84 Å². The van der Waals surface area contributed by atoms with E-state index in [0.717, 1.165) is 24.2 Å². The molecule has 1 heterocycles. The van der Waals surface area contributed by atoms with Crippen molar-refractivity contribution in [2.24, 2.45) is 0 Å². The number of carbonyl (C=O) groups is 2. The maximum Gasteiger partial charge on any atom is 0.349 e. The van der Waals surface area contributed by atoms with Crippen LogP contribution in [0.1, 0.15) is 91.2 Å². The number of carboxylic acid groups (broad SMARTS) is 1. The van der Waals surface area contributed by atoms with Crippen LogP contribution in [-0.4, -0.2) is 23.7 Å². The van der Waals surface area contributed by atoms with Crippen molar-refractivity contribution in [1.82, 2.24) is 0 Å². The van der Waals surface area contributed by atoms with E-state index >= 15 is 0 Å². The number of carboxylic acids is 1. The monoisotopic (exact) mass is 340 g/mol. The molecule has 1 N–H and O–H groups in total. The molecule has 0 aliphatic carbocycles. The SMILES string of the molecule is CCCCCCCCCCCCOC(=O)c1sccc1C(=O)O. The molecule has 0 saturated heterocycles. The molecule has 0 bridgehead atoms. The summed E-state index contributed by atoms with van der Waals surface area (Å²) in [4.78, 5) is 22.9. The number of carbonyl (C=O) groups excluding carboxylic acids is 1. The van der Waals surface area contributed by atoms with Gasteiger partial charge in [0.1, 0.15) is 4.88 Å². The predicted molar refractivity (Wildman–Crippen MR) is 93.4 cm³/mol. The number of rotatable bonds is 13. The van der Waals surface area contributed by atoms with Crippen molar-refractivity contribution in [2.45, 2.75) is 71.1 Å². The zero-order valence-corrected chi connectivity index (χ0v) is 14.8. The first kappa shape index (κ1) is 19.7. The fourth-order valence-electron chi connectivity index (χ4n) is 2.46. The highest BCUT2D eigenvalue weighted by Crippen LogP contribution is 2.18. The lowest BCUT2D eigenvalue weighted by atomic mass is 10.1. The van der Waals surface area contributed by atoms with E-state index in [9.17, 15) is 9.59 Å². The molecular weight excluding hydrogens is 312 g/mol. The first-order valence-corrected chi connectivity index (χ1v) is 9.52. The highest BCUT2D eigenvalue weighted by atomic mass is 32.1. The Morgan fingerprint density at radius 2 is 1.57 bits per heavy atom. The summed E-state index contributed by atoms with van der Waals surface area (Å²) in [5.74, 6) is -1.61. The van der Waals surface area contributed by atoms with Gasteiger partial charge in [-0.2, -0.15) is 0 Å². The molecule has 0 aliphatic rings. The van der Waals surface area contributed by atoms with Crippen LogP contribution in [0.4, 0.5) is 0 Å². The van der Waals surface area contributed by atoms with Crippen LogP contribution in [0.25, 0.3) is 0 Å². The molecule has 130 valence electrons. The highest BCUT2D eigenvalue weighted by Gasteiger charge is 2.19. The number of hydrogen-bond acceptors (Lipinski definition) is 4. The fourth-order valence-corrected chi connectivity index (χ4v) is 3.23. The molecule has 4 nitrogen and oxygen atoms in total. The van der Waals surface area contributed by atoms with Crippen molar-refractivity contribution in [3.8, 4) is 0 Å². The van der Waals surface area contributed by atoms with Gasteiger partial charge in [0.2, 0.25) is 0 Å². The molecule has 1 aromatic heterocycles. The van der Waals surface area contributed by atoms with Gasteiger partial charge in [-0.05, 0) is 17.9 Å². The third-order valence-electron chi connectivity index (χ3n) is 3.81. The Morgan fingerprint density at radius 3 is 2.13 bits per heavy atom. The number of thiophene rings is 1.